The molecule has 6 heteroatoms. The van der Waals surface area contributed by atoms with Gasteiger partial charge in [0.1, 0.15) is 0 Å². The van der Waals surface area contributed by atoms with Crippen molar-refractivity contribution in [3.63, 3.8) is 0 Å². The molecule has 20 heavy (non-hydrogen) atoms. The number of alkyl halides is 2. The summed E-state index contributed by atoms with van der Waals surface area (Å²) in [6.45, 7) is 4.85. The molecular weight excluding hydrogens is 272 g/mol. The van der Waals surface area contributed by atoms with Crippen LogP contribution in [0.4, 0.5) is 17.6 Å². The van der Waals surface area contributed by atoms with Crippen molar-refractivity contribution >= 4 is 0 Å². The maximum atomic E-state index is 13.3. The van der Waals surface area contributed by atoms with Crippen LogP contribution in [0.3, 0.4) is 0 Å². The van der Waals surface area contributed by atoms with Gasteiger partial charge in [-0.2, -0.15) is 8.78 Å². The molecule has 0 saturated heterocycles. The van der Waals surface area contributed by atoms with Gasteiger partial charge in [0, 0.05) is 30.3 Å². The maximum absolute atomic E-state index is 13.3. The first-order valence-electron chi connectivity index (χ1n) is 6.84. The van der Waals surface area contributed by atoms with Gasteiger partial charge in [-0.1, -0.05) is 0 Å². The second-order valence-corrected chi connectivity index (χ2v) is 6.05. The fraction of sp³-hybridized carbons (Fsp3) is 0.714. The smallest absolute Gasteiger partial charge is 0.248 e. The Kier molecular flexibility index (Phi) is 4.14. The highest BCUT2D eigenvalue weighted by Gasteiger charge is 2.50. The SMILES string of the molecule is C=C(F)N/C(F)=C/C1CC1(C)NC1CCC(F)(F)CC1. The van der Waals surface area contributed by atoms with Crippen LogP contribution in [-0.4, -0.2) is 17.5 Å². The second-order valence-electron chi connectivity index (χ2n) is 6.05. The third-order valence-corrected chi connectivity index (χ3v) is 4.16. The molecule has 2 unspecified atom stereocenters. The Morgan fingerprint density at radius 1 is 1.25 bits per heavy atom. The van der Waals surface area contributed by atoms with Crippen LogP contribution < -0.4 is 10.6 Å². The van der Waals surface area contributed by atoms with Gasteiger partial charge in [-0.3, -0.25) is 0 Å². The monoisotopic (exact) mass is 292 g/mol. The maximum Gasteiger partial charge on any atom is 0.248 e. The first-order valence-corrected chi connectivity index (χ1v) is 6.84. The highest BCUT2D eigenvalue weighted by Crippen LogP contribution is 2.46. The van der Waals surface area contributed by atoms with E-state index in [1.807, 2.05) is 12.2 Å². The molecule has 2 aliphatic carbocycles. The van der Waals surface area contributed by atoms with Gasteiger partial charge < -0.3 is 10.6 Å². The van der Waals surface area contributed by atoms with E-state index >= 15 is 0 Å². The predicted molar refractivity (Wildman–Crippen MR) is 69.4 cm³/mol. The van der Waals surface area contributed by atoms with Gasteiger partial charge in [-0.15, -0.1) is 0 Å². The number of hydrogen-bond donors (Lipinski definition) is 2. The molecule has 0 amide bonds. The highest BCUT2D eigenvalue weighted by atomic mass is 19.3. The van der Waals surface area contributed by atoms with Gasteiger partial charge in [0.2, 0.25) is 5.92 Å². The number of rotatable bonds is 5. The number of halogens is 4. The molecule has 2 rings (SSSR count). The Bertz CT molecular complexity index is 411. The van der Waals surface area contributed by atoms with Gasteiger partial charge in [0.05, 0.1) is 0 Å². The Morgan fingerprint density at radius 2 is 1.85 bits per heavy atom. The molecule has 2 atom stereocenters. The van der Waals surface area contributed by atoms with Gasteiger partial charge >= 0.3 is 0 Å². The fourth-order valence-electron chi connectivity index (χ4n) is 2.81. The van der Waals surface area contributed by atoms with Crippen molar-refractivity contribution in [2.24, 2.45) is 5.92 Å². The Labute approximate surface area is 116 Å². The topological polar surface area (TPSA) is 24.1 Å². The summed E-state index contributed by atoms with van der Waals surface area (Å²) in [5, 5.41) is 5.20. The third-order valence-electron chi connectivity index (χ3n) is 4.16. The van der Waals surface area contributed by atoms with E-state index in [4.69, 9.17) is 0 Å². The van der Waals surface area contributed by atoms with Crippen LogP contribution in [0.15, 0.2) is 24.6 Å². The predicted octanol–water partition coefficient (Wildman–Crippen LogP) is 3.77. The van der Waals surface area contributed by atoms with E-state index in [2.05, 4.69) is 11.9 Å². The van der Waals surface area contributed by atoms with Crippen LogP contribution in [0, 0.1) is 5.92 Å². The zero-order valence-corrected chi connectivity index (χ0v) is 11.5. The molecule has 0 aromatic rings. The highest BCUT2D eigenvalue weighted by molar-refractivity contribution is 5.18. The minimum atomic E-state index is -2.54. The lowest BCUT2D eigenvalue weighted by molar-refractivity contribution is -0.0415. The summed E-state index contributed by atoms with van der Waals surface area (Å²) in [4.78, 5) is 0. The van der Waals surface area contributed by atoms with Gasteiger partial charge in [0.15, 0.2) is 11.9 Å². The molecule has 0 heterocycles. The van der Waals surface area contributed by atoms with Crippen LogP contribution in [0.1, 0.15) is 39.0 Å². The summed E-state index contributed by atoms with van der Waals surface area (Å²) in [7, 11) is 0. The van der Waals surface area contributed by atoms with E-state index in [1.54, 1.807) is 0 Å². The lowest BCUT2D eigenvalue weighted by atomic mass is 9.91. The molecule has 0 aliphatic heterocycles. The summed E-state index contributed by atoms with van der Waals surface area (Å²) in [5.74, 6) is -4.30. The molecule has 2 N–H and O–H groups in total. The summed E-state index contributed by atoms with van der Waals surface area (Å²) in [6.07, 6.45) is 2.70. The molecular formula is C14H20F4N2. The molecule has 2 saturated carbocycles. The molecule has 2 nitrogen and oxygen atoms in total. The molecule has 0 aromatic heterocycles. The second kappa shape index (κ2) is 5.39. The van der Waals surface area contributed by atoms with Crippen molar-refractivity contribution in [1.29, 1.82) is 0 Å². The summed E-state index contributed by atoms with van der Waals surface area (Å²) < 4.78 is 51.8. The number of hydrogen-bond acceptors (Lipinski definition) is 2. The van der Waals surface area contributed by atoms with E-state index < -0.39 is 17.8 Å². The zero-order chi connectivity index (χ0) is 15.0. The first-order chi connectivity index (χ1) is 9.20. The minimum Gasteiger partial charge on any atom is -0.309 e. The van der Waals surface area contributed by atoms with Crippen molar-refractivity contribution in [2.75, 3.05) is 0 Å². The molecule has 0 aromatic carbocycles. The molecule has 114 valence electrons. The average Bonchev–Trinajstić information content (AvgIpc) is 2.91. The van der Waals surface area contributed by atoms with Crippen LogP contribution in [-0.2, 0) is 0 Å². The Balaban J connectivity index is 1.82. The van der Waals surface area contributed by atoms with E-state index in [0.717, 1.165) is 0 Å². The van der Waals surface area contributed by atoms with Gasteiger partial charge in [0.25, 0.3) is 0 Å². The van der Waals surface area contributed by atoms with E-state index in [-0.39, 0.29) is 30.3 Å². The van der Waals surface area contributed by atoms with Crippen molar-refractivity contribution in [3.8, 4) is 0 Å². The first kappa shape index (κ1) is 15.4. The largest absolute Gasteiger partial charge is 0.309 e. The Hall–Kier alpha value is -1.04. The molecule has 2 fully saturated rings. The van der Waals surface area contributed by atoms with Crippen molar-refractivity contribution in [2.45, 2.75) is 56.5 Å². The van der Waals surface area contributed by atoms with Crippen molar-refractivity contribution in [1.82, 2.24) is 10.6 Å². The van der Waals surface area contributed by atoms with Gasteiger partial charge in [-0.25, -0.2) is 8.78 Å². The third kappa shape index (κ3) is 3.98. The van der Waals surface area contributed by atoms with Gasteiger partial charge in [-0.05, 0) is 38.8 Å². The van der Waals surface area contributed by atoms with Crippen LogP contribution in [0.25, 0.3) is 0 Å². The average molecular weight is 292 g/mol. The lowest BCUT2D eigenvalue weighted by Crippen LogP contribution is -2.43. The minimum absolute atomic E-state index is 0.0465. The van der Waals surface area contributed by atoms with Crippen molar-refractivity contribution in [3.05, 3.63) is 24.6 Å². The van der Waals surface area contributed by atoms with Crippen LogP contribution in [0.5, 0.6) is 0 Å². The van der Waals surface area contributed by atoms with E-state index in [1.165, 1.54) is 6.08 Å². The quantitative estimate of drug-likeness (QED) is 0.595. The van der Waals surface area contributed by atoms with Crippen molar-refractivity contribution < 1.29 is 17.6 Å². The summed E-state index contributed by atoms with van der Waals surface area (Å²) >= 11 is 0. The Morgan fingerprint density at radius 3 is 2.40 bits per heavy atom. The molecule has 0 bridgehead atoms. The normalized spacial score (nSPS) is 33.9. The molecule has 0 radical (unpaired) electrons. The molecule has 2 aliphatic rings. The summed E-state index contributed by atoms with van der Waals surface area (Å²) in [5.41, 5.74) is -0.284. The number of nitrogens with one attached hydrogen (secondary N) is 2. The van der Waals surface area contributed by atoms with E-state index in [9.17, 15) is 17.6 Å². The zero-order valence-electron chi connectivity index (χ0n) is 11.5. The standard InChI is InChI=1S/C14H20F4N2/c1-9(15)19-12(16)7-10-8-13(10,2)20-11-3-5-14(17,18)6-4-11/h7,10-11,19-20H,1,3-6,8H2,2H3/b12-7+. The van der Waals surface area contributed by atoms with Crippen LogP contribution >= 0.6 is 0 Å². The van der Waals surface area contributed by atoms with E-state index in [0.29, 0.717) is 19.3 Å². The lowest BCUT2D eigenvalue weighted by Gasteiger charge is -2.31. The summed E-state index contributed by atoms with van der Waals surface area (Å²) in [6, 6.07) is 0.0465. The fourth-order valence-corrected chi connectivity index (χ4v) is 2.81. The molecule has 0 spiro atoms. The van der Waals surface area contributed by atoms with Crippen LogP contribution in [0.2, 0.25) is 0 Å².